The molecule has 0 aromatic heterocycles. The summed E-state index contributed by atoms with van der Waals surface area (Å²) in [5.41, 5.74) is 3.47. The molecule has 1 fully saturated rings. The first-order chi connectivity index (χ1) is 10.2. The first kappa shape index (κ1) is 14.6. The molecule has 0 saturated heterocycles. The highest BCUT2D eigenvalue weighted by Gasteiger charge is 2.20. The van der Waals surface area contributed by atoms with Crippen molar-refractivity contribution in [2.75, 3.05) is 13.1 Å². The van der Waals surface area contributed by atoms with Crippen molar-refractivity contribution < 1.29 is 4.79 Å². The smallest absolute Gasteiger partial charge is 0.251 e. The minimum Gasteiger partial charge on any atom is -0.352 e. The van der Waals surface area contributed by atoms with Crippen LogP contribution < -0.4 is 10.6 Å². The van der Waals surface area contributed by atoms with Crippen molar-refractivity contribution in [1.82, 2.24) is 10.6 Å². The Morgan fingerprint density at radius 3 is 3.10 bits per heavy atom. The summed E-state index contributed by atoms with van der Waals surface area (Å²) >= 11 is 0. The second-order valence-corrected chi connectivity index (χ2v) is 6.76. The van der Waals surface area contributed by atoms with E-state index in [2.05, 4.69) is 29.7 Å². The average Bonchev–Trinajstić information content (AvgIpc) is 2.52. The van der Waals surface area contributed by atoms with Gasteiger partial charge in [-0.2, -0.15) is 0 Å². The molecule has 1 aromatic carbocycles. The van der Waals surface area contributed by atoms with Crippen LogP contribution in [0.3, 0.4) is 0 Å². The highest BCUT2D eigenvalue weighted by Crippen LogP contribution is 2.28. The van der Waals surface area contributed by atoms with Crippen molar-refractivity contribution in [2.45, 2.75) is 45.6 Å². The van der Waals surface area contributed by atoms with Gasteiger partial charge in [-0.15, -0.1) is 0 Å². The van der Waals surface area contributed by atoms with E-state index in [9.17, 15) is 4.79 Å². The summed E-state index contributed by atoms with van der Waals surface area (Å²) in [6, 6.07) is 6.15. The van der Waals surface area contributed by atoms with E-state index in [4.69, 9.17) is 0 Å². The lowest BCUT2D eigenvalue weighted by Crippen LogP contribution is -2.32. The lowest BCUT2D eigenvalue weighted by molar-refractivity contribution is 0.0940. The number of amides is 1. The van der Waals surface area contributed by atoms with E-state index in [0.717, 1.165) is 37.5 Å². The summed E-state index contributed by atoms with van der Waals surface area (Å²) in [7, 11) is 0. The van der Waals surface area contributed by atoms with Crippen LogP contribution in [0.25, 0.3) is 0 Å². The zero-order chi connectivity index (χ0) is 14.7. The molecule has 1 amide bonds. The quantitative estimate of drug-likeness (QED) is 0.897. The van der Waals surface area contributed by atoms with E-state index in [-0.39, 0.29) is 5.91 Å². The monoisotopic (exact) mass is 286 g/mol. The largest absolute Gasteiger partial charge is 0.352 e. The molecular weight excluding hydrogens is 260 g/mol. The molecule has 1 aliphatic carbocycles. The van der Waals surface area contributed by atoms with Crippen LogP contribution >= 0.6 is 0 Å². The van der Waals surface area contributed by atoms with Crippen LogP contribution in [-0.4, -0.2) is 19.0 Å². The maximum atomic E-state index is 12.3. The Kier molecular flexibility index (Phi) is 4.59. The fourth-order valence-electron chi connectivity index (χ4n) is 3.71. The molecule has 0 spiro atoms. The Balaban J connectivity index is 1.57. The summed E-state index contributed by atoms with van der Waals surface area (Å²) in [4.78, 5) is 12.3. The number of nitrogens with one attached hydrogen (secondary N) is 2. The Hall–Kier alpha value is -1.35. The predicted molar refractivity (Wildman–Crippen MR) is 85.3 cm³/mol. The second kappa shape index (κ2) is 6.61. The van der Waals surface area contributed by atoms with Crippen LogP contribution in [0.1, 0.15) is 54.1 Å². The summed E-state index contributed by atoms with van der Waals surface area (Å²) in [6.07, 6.45) is 6.25. The lowest BCUT2D eigenvalue weighted by atomic mass is 9.82. The first-order valence-electron chi connectivity index (χ1n) is 8.33. The minimum absolute atomic E-state index is 0.0848. The molecule has 114 valence electrons. The Labute approximate surface area is 127 Å². The summed E-state index contributed by atoms with van der Waals surface area (Å²) in [5, 5.41) is 6.50. The molecule has 3 rings (SSSR count). The highest BCUT2D eigenvalue weighted by molar-refractivity contribution is 5.94. The van der Waals surface area contributed by atoms with Crippen molar-refractivity contribution in [1.29, 1.82) is 0 Å². The van der Waals surface area contributed by atoms with Gasteiger partial charge < -0.3 is 10.6 Å². The second-order valence-electron chi connectivity index (χ2n) is 6.76. The van der Waals surface area contributed by atoms with Crippen molar-refractivity contribution in [3.8, 4) is 0 Å². The molecule has 2 unspecified atom stereocenters. The number of carbonyl (C=O) groups is 1. The molecule has 3 heteroatoms. The molecule has 3 nitrogen and oxygen atoms in total. The molecule has 1 heterocycles. The summed E-state index contributed by atoms with van der Waals surface area (Å²) < 4.78 is 0. The van der Waals surface area contributed by atoms with Gasteiger partial charge >= 0.3 is 0 Å². The SMILES string of the molecule is CC1CCCC(CNC(=O)c2ccc3c(c2)CNCC3)C1. The number of fused-ring (bicyclic) bond motifs is 1. The zero-order valence-electron chi connectivity index (χ0n) is 13.0. The third-order valence-corrected chi connectivity index (χ3v) is 4.95. The molecule has 2 atom stereocenters. The maximum absolute atomic E-state index is 12.3. The van der Waals surface area contributed by atoms with Crippen LogP contribution in [0.15, 0.2) is 18.2 Å². The van der Waals surface area contributed by atoms with Gasteiger partial charge in [-0.25, -0.2) is 0 Å². The summed E-state index contributed by atoms with van der Waals surface area (Å²) in [6.45, 7) is 5.08. The van der Waals surface area contributed by atoms with Gasteiger partial charge in [0.05, 0.1) is 0 Å². The first-order valence-corrected chi connectivity index (χ1v) is 8.33. The minimum atomic E-state index is 0.0848. The third kappa shape index (κ3) is 3.65. The van der Waals surface area contributed by atoms with E-state index < -0.39 is 0 Å². The molecule has 0 bridgehead atoms. The molecule has 2 N–H and O–H groups in total. The van der Waals surface area contributed by atoms with Crippen molar-refractivity contribution in [3.63, 3.8) is 0 Å². The molecule has 1 aliphatic heterocycles. The predicted octanol–water partition coefficient (Wildman–Crippen LogP) is 2.89. The van der Waals surface area contributed by atoms with E-state index in [1.54, 1.807) is 0 Å². The number of hydrogen-bond acceptors (Lipinski definition) is 2. The Morgan fingerprint density at radius 1 is 1.33 bits per heavy atom. The van der Waals surface area contributed by atoms with Gasteiger partial charge in [-0.3, -0.25) is 4.79 Å². The molecule has 21 heavy (non-hydrogen) atoms. The van der Waals surface area contributed by atoms with Gasteiger partial charge in [-0.1, -0.05) is 25.8 Å². The van der Waals surface area contributed by atoms with Crippen molar-refractivity contribution >= 4 is 5.91 Å². The van der Waals surface area contributed by atoms with Crippen LogP contribution in [-0.2, 0) is 13.0 Å². The van der Waals surface area contributed by atoms with Crippen LogP contribution in [0.4, 0.5) is 0 Å². The van der Waals surface area contributed by atoms with Crippen LogP contribution in [0.5, 0.6) is 0 Å². The van der Waals surface area contributed by atoms with E-state index in [1.807, 2.05) is 6.07 Å². The number of benzene rings is 1. The van der Waals surface area contributed by atoms with E-state index in [0.29, 0.717) is 5.92 Å². The highest BCUT2D eigenvalue weighted by atomic mass is 16.1. The fourth-order valence-corrected chi connectivity index (χ4v) is 3.71. The normalized spacial score (nSPS) is 25.2. The van der Waals surface area contributed by atoms with Gasteiger partial charge in [0.25, 0.3) is 5.91 Å². The van der Waals surface area contributed by atoms with E-state index >= 15 is 0 Å². The molecule has 0 radical (unpaired) electrons. The fraction of sp³-hybridized carbons (Fsp3) is 0.611. The topological polar surface area (TPSA) is 41.1 Å². The van der Waals surface area contributed by atoms with Crippen molar-refractivity contribution in [3.05, 3.63) is 34.9 Å². The Morgan fingerprint density at radius 2 is 2.24 bits per heavy atom. The van der Waals surface area contributed by atoms with Crippen LogP contribution in [0.2, 0.25) is 0 Å². The molecule has 1 saturated carbocycles. The molecular formula is C18H26N2O. The van der Waals surface area contributed by atoms with Gasteiger partial charge in [0.1, 0.15) is 0 Å². The zero-order valence-corrected chi connectivity index (χ0v) is 13.0. The third-order valence-electron chi connectivity index (χ3n) is 4.95. The van der Waals surface area contributed by atoms with Crippen LogP contribution in [0, 0.1) is 11.8 Å². The van der Waals surface area contributed by atoms with Crippen molar-refractivity contribution in [2.24, 2.45) is 11.8 Å². The molecule has 1 aromatic rings. The number of rotatable bonds is 3. The summed E-state index contributed by atoms with van der Waals surface area (Å²) in [5.74, 6) is 1.56. The Bertz CT molecular complexity index is 512. The standard InChI is InChI=1S/C18H26N2O/c1-13-3-2-4-14(9-13)11-20-18(21)16-6-5-15-7-8-19-12-17(15)10-16/h5-6,10,13-14,19H,2-4,7-9,11-12H2,1H3,(H,20,21). The molecule has 2 aliphatic rings. The maximum Gasteiger partial charge on any atom is 0.251 e. The number of carbonyl (C=O) groups excluding carboxylic acids is 1. The van der Waals surface area contributed by atoms with E-state index in [1.165, 1.54) is 36.8 Å². The van der Waals surface area contributed by atoms with Gasteiger partial charge in [0.15, 0.2) is 0 Å². The number of hydrogen-bond donors (Lipinski definition) is 2. The van der Waals surface area contributed by atoms with Gasteiger partial charge in [0, 0.05) is 18.7 Å². The van der Waals surface area contributed by atoms with Gasteiger partial charge in [-0.05, 0) is 60.9 Å². The average molecular weight is 286 g/mol. The lowest BCUT2D eigenvalue weighted by Gasteiger charge is -2.26. The van der Waals surface area contributed by atoms with Gasteiger partial charge in [0.2, 0.25) is 0 Å².